The van der Waals surface area contributed by atoms with Crippen LogP contribution in [0.4, 0.5) is 92.2 Å². The predicted molar refractivity (Wildman–Crippen MR) is 84.1 cm³/mol. The minimum absolute atomic E-state index is 0.647. The van der Waals surface area contributed by atoms with Gasteiger partial charge in [-0.1, -0.05) is 0 Å². The third-order valence-electron chi connectivity index (χ3n) is 4.83. The molecule has 0 spiro atoms. The van der Waals surface area contributed by atoms with E-state index in [-0.39, 0.29) is 0 Å². The van der Waals surface area contributed by atoms with Gasteiger partial charge in [0.05, 0.1) is 21.1 Å². The van der Waals surface area contributed by atoms with Gasteiger partial charge in [0.25, 0.3) is 0 Å². The summed E-state index contributed by atoms with van der Waals surface area (Å²) in [4.78, 5) is 0. The van der Waals surface area contributed by atoms with Crippen LogP contribution in [0.25, 0.3) is 0 Å². The maximum Gasteiger partial charge on any atom is 0.460 e. The zero-order chi connectivity index (χ0) is 32.5. The van der Waals surface area contributed by atoms with E-state index in [2.05, 4.69) is 0 Å². The fourth-order valence-corrected chi connectivity index (χ4v) is 2.71. The molecule has 0 rings (SSSR count). The van der Waals surface area contributed by atoms with Gasteiger partial charge in [-0.2, -0.15) is 92.2 Å². The Morgan fingerprint density at radius 1 is 0.436 bits per heavy atom. The van der Waals surface area contributed by atoms with E-state index in [0.717, 1.165) is 21.1 Å². The Bertz CT molecular complexity index is 868. The van der Waals surface area contributed by atoms with Crippen molar-refractivity contribution in [2.45, 2.75) is 72.0 Å². The molecule has 0 bridgehead atoms. The van der Waals surface area contributed by atoms with E-state index in [1.54, 1.807) is 0 Å². The molecule has 0 aliphatic carbocycles. The van der Waals surface area contributed by atoms with Crippen molar-refractivity contribution in [1.29, 1.82) is 0 Å². The van der Waals surface area contributed by atoms with Crippen molar-refractivity contribution in [2.24, 2.45) is 0 Å². The summed E-state index contributed by atoms with van der Waals surface area (Å²) >= 11 is 0. The fourth-order valence-electron chi connectivity index (χ4n) is 2.71. The third kappa shape index (κ3) is 5.41. The lowest BCUT2D eigenvalue weighted by Crippen LogP contribution is -2.76. The molecule has 0 aliphatic heterocycles. The summed E-state index contributed by atoms with van der Waals surface area (Å²) < 4.78 is 278. The normalized spacial score (nSPS) is 17.5. The van der Waals surface area contributed by atoms with Crippen molar-refractivity contribution in [2.75, 3.05) is 27.7 Å². The highest BCUT2D eigenvalue weighted by Gasteiger charge is 2.97. The molecule has 0 saturated carbocycles. The molecule has 1 N–H and O–H groups in total. The molecule has 0 radical (unpaired) electrons. The largest absolute Gasteiger partial charge is 0.460 e. The van der Waals surface area contributed by atoms with Crippen LogP contribution in [0.15, 0.2) is 0 Å². The van der Waals surface area contributed by atoms with Crippen molar-refractivity contribution in [3.05, 3.63) is 0 Å². The number of halogens is 21. The molecule has 0 aromatic carbocycles. The van der Waals surface area contributed by atoms with Crippen LogP contribution >= 0.6 is 0 Å². The highest BCUT2D eigenvalue weighted by atomic mass is 19.4. The van der Waals surface area contributed by atoms with Gasteiger partial charge in [0.15, 0.2) is 0 Å². The van der Waals surface area contributed by atoms with Crippen LogP contribution in [0.3, 0.4) is 0 Å². The summed E-state index contributed by atoms with van der Waals surface area (Å²) in [5.41, 5.74) is 0. The number of aliphatic hydroxyl groups excluding tert-OH is 1. The summed E-state index contributed by atoms with van der Waals surface area (Å²) in [6.45, 7) is -1.09. The van der Waals surface area contributed by atoms with Crippen LogP contribution in [0.1, 0.15) is 6.42 Å². The van der Waals surface area contributed by atoms with E-state index >= 15 is 0 Å². The zero-order valence-electron chi connectivity index (χ0n) is 18.8. The van der Waals surface area contributed by atoms with Crippen molar-refractivity contribution in [1.82, 2.24) is 0 Å². The molecule has 1 unspecified atom stereocenters. The van der Waals surface area contributed by atoms with Crippen LogP contribution < -0.4 is 0 Å². The molecule has 0 heterocycles. The Hall–Kier alpha value is -1.55. The summed E-state index contributed by atoms with van der Waals surface area (Å²) in [6.07, 6.45) is -13.9. The average Bonchev–Trinajstić information content (AvgIpc) is 2.63. The van der Waals surface area contributed by atoms with E-state index in [0.29, 0.717) is 0 Å². The number of rotatable bonds is 12. The van der Waals surface area contributed by atoms with Gasteiger partial charge in [0, 0.05) is 6.42 Å². The quantitative estimate of drug-likeness (QED) is 0.186. The summed E-state index contributed by atoms with van der Waals surface area (Å²) in [5, 5.41) is 9.30. The smallest absolute Gasteiger partial charge is 0.387 e. The Labute approximate surface area is 202 Å². The second-order valence-corrected chi connectivity index (χ2v) is 9.13. The van der Waals surface area contributed by atoms with Gasteiger partial charge in [-0.25, -0.2) is 0 Å². The number of likely N-dealkylation sites (N-methyl/N-ethyl adjacent to an activating group) is 1. The van der Waals surface area contributed by atoms with Crippen LogP contribution in [-0.4, -0.2) is 103 Å². The first-order valence-corrected chi connectivity index (χ1v) is 9.30. The van der Waals surface area contributed by atoms with Crippen LogP contribution in [-0.2, 0) is 0 Å². The second kappa shape index (κ2) is 9.50. The molecule has 236 valence electrons. The highest BCUT2D eigenvalue weighted by molar-refractivity contribution is 5.18. The first-order valence-electron chi connectivity index (χ1n) is 9.30. The minimum atomic E-state index is -9.19. The molecular formula is C16H15F21NO+. The molecule has 0 aromatic heterocycles. The SMILES string of the molecule is C[N+](C)(C)CC(O)CC(F)(F)C(F)(F)C(F)(F)C(F)(F)C(F)(F)C(F)(F)C(F)(F)C(F)(F)C(F)(F)C(F)(F)F. The van der Waals surface area contributed by atoms with Crippen molar-refractivity contribution in [3.8, 4) is 0 Å². The van der Waals surface area contributed by atoms with Gasteiger partial charge in [-0.15, -0.1) is 0 Å². The lowest BCUT2D eigenvalue weighted by Gasteiger charge is -2.44. The number of alkyl halides is 21. The van der Waals surface area contributed by atoms with Crippen molar-refractivity contribution >= 4 is 0 Å². The van der Waals surface area contributed by atoms with Gasteiger partial charge in [-0.05, 0) is 0 Å². The fraction of sp³-hybridized carbons (Fsp3) is 1.00. The summed E-state index contributed by atoms with van der Waals surface area (Å²) in [6, 6.07) is 0. The first kappa shape index (κ1) is 37.4. The standard InChI is InChI=1S/C16H15F21NO/c1-38(2,3)5-6(39)4-7(17,18)8(19,20)9(21,22)10(23,24)11(25,26)12(27,28)13(29,30)14(31,32)15(33,34)16(35,36)37/h6,39H,4-5H2,1-3H3/q+1. The van der Waals surface area contributed by atoms with Gasteiger partial charge < -0.3 is 9.59 Å². The lowest BCUT2D eigenvalue weighted by atomic mass is 9.85. The molecule has 2 nitrogen and oxygen atoms in total. The molecule has 23 heteroatoms. The van der Waals surface area contributed by atoms with Gasteiger partial charge in [0.1, 0.15) is 12.6 Å². The molecule has 0 aromatic rings. The van der Waals surface area contributed by atoms with Crippen LogP contribution in [0, 0.1) is 0 Å². The first-order chi connectivity index (χ1) is 16.4. The van der Waals surface area contributed by atoms with Gasteiger partial charge >= 0.3 is 59.5 Å². The van der Waals surface area contributed by atoms with Gasteiger partial charge in [-0.3, -0.25) is 0 Å². The maximum absolute atomic E-state index is 13.8. The van der Waals surface area contributed by atoms with E-state index in [4.69, 9.17) is 0 Å². The number of hydrogen-bond acceptors (Lipinski definition) is 1. The topological polar surface area (TPSA) is 20.2 Å². The lowest BCUT2D eigenvalue weighted by molar-refractivity contribution is -0.873. The van der Waals surface area contributed by atoms with Crippen molar-refractivity contribution in [3.63, 3.8) is 0 Å². The van der Waals surface area contributed by atoms with E-state index < -0.39 is 83.0 Å². The molecule has 0 aliphatic rings. The highest BCUT2D eigenvalue weighted by Crippen LogP contribution is 2.66. The Morgan fingerprint density at radius 3 is 0.897 bits per heavy atom. The number of hydrogen-bond donors (Lipinski definition) is 1. The Kier molecular flexibility index (Phi) is 9.12. The average molecular weight is 636 g/mol. The van der Waals surface area contributed by atoms with Crippen molar-refractivity contribution < 1.29 is 102 Å². The van der Waals surface area contributed by atoms with E-state index in [1.807, 2.05) is 0 Å². The molecule has 0 fully saturated rings. The second-order valence-electron chi connectivity index (χ2n) is 9.13. The molecular weight excluding hydrogens is 621 g/mol. The molecule has 0 amide bonds. The monoisotopic (exact) mass is 636 g/mol. The molecule has 1 atom stereocenters. The maximum atomic E-state index is 13.8. The number of quaternary nitrogens is 1. The third-order valence-corrected chi connectivity index (χ3v) is 4.83. The Balaban J connectivity index is 6.92. The predicted octanol–water partition coefficient (Wildman–Crippen LogP) is 6.72. The van der Waals surface area contributed by atoms with Gasteiger partial charge in [0.2, 0.25) is 0 Å². The Morgan fingerprint density at radius 2 is 0.667 bits per heavy atom. The number of aliphatic hydroxyl groups is 1. The molecule has 0 saturated heterocycles. The molecule has 39 heavy (non-hydrogen) atoms. The van der Waals surface area contributed by atoms with E-state index in [9.17, 15) is 97.3 Å². The summed E-state index contributed by atoms with van der Waals surface area (Å²) in [5.74, 6) is -77.3. The zero-order valence-corrected chi connectivity index (χ0v) is 18.8. The van der Waals surface area contributed by atoms with Crippen LogP contribution in [0.2, 0.25) is 0 Å². The minimum Gasteiger partial charge on any atom is -0.387 e. The number of nitrogens with zero attached hydrogens (tertiary/aromatic N) is 1. The summed E-state index contributed by atoms with van der Waals surface area (Å²) in [7, 11) is 3.09. The van der Waals surface area contributed by atoms with Crippen LogP contribution in [0.5, 0.6) is 0 Å². The van der Waals surface area contributed by atoms with E-state index in [1.165, 1.54) is 0 Å².